The highest BCUT2D eigenvalue weighted by Gasteiger charge is 2.24. The first-order valence-corrected chi connectivity index (χ1v) is 7.34. The van der Waals surface area contributed by atoms with Gasteiger partial charge in [-0.05, 0) is 43.0 Å². The number of aliphatic hydroxyl groups is 1. The van der Waals surface area contributed by atoms with E-state index >= 15 is 0 Å². The minimum absolute atomic E-state index is 0.0346. The van der Waals surface area contributed by atoms with Crippen molar-refractivity contribution in [2.24, 2.45) is 0 Å². The minimum atomic E-state index is -1.16. The Morgan fingerprint density at radius 3 is 2.81 bits per heavy atom. The summed E-state index contributed by atoms with van der Waals surface area (Å²) in [6, 6.07) is 7.62. The fourth-order valence-corrected chi connectivity index (χ4v) is 2.60. The van der Waals surface area contributed by atoms with Crippen LogP contribution in [-0.4, -0.2) is 17.7 Å². The molecule has 2 rings (SSSR count). The molecule has 6 heteroatoms. The number of thiophene rings is 1. The average molecular weight is 308 g/mol. The van der Waals surface area contributed by atoms with E-state index in [0.29, 0.717) is 0 Å². The third-order valence-electron chi connectivity index (χ3n) is 3.02. The lowest BCUT2D eigenvalue weighted by Gasteiger charge is -2.22. The number of carbonyl (C=O) groups excluding carboxylic acids is 1. The lowest BCUT2D eigenvalue weighted by molar-refractivity contribution is 0.0637. The maximum Gasteiger partial charge on any atom is 0.319 e. The van der Waals surface area contributed by atoms with Crippen molar-refractivity contribution < 1.29 is 14.3 Å². The van der Waals surface area contributed by atoms with Crippen LogP contribution in [0.1, 0.15) is 17.4 Å². The van der Waals surface area contributed by atoms with Crippen LogP contribution in [0.2, 0.25) is 0 Å². The molecule has 1 atom stereocenters. The van der Waals surface area contributed by atoms with Gasteiger partial charge in [-0.25, -0.2) is 9.18 Å². The Kier molecular flexibility index (Phi) is 4.59. The molecular weight excluding hydrogens is 291 g/mol. The maximum absolute atomic E-state index is 13.6. The third kappa shape index (κ3) is 4.03. The number of rotatable bonds is 4. The van der Waals surface area contributed by atoms with Crippen molar-refractivity contribution in [1.82, 2.24) is 5.32 Å². The summed E-state index contributed by atoms with van der Waals surface area (Å²) < 4.78 is 13.6. The van der Waals surface area contributed by atoms with Crippen LogP contribution in [0.3, 0.4) is 0 Å². The number of carbonyl (C=O) groups is 1. The van der Waals surface area contributed by atoms with E-state index in [4.69, 9.17) is 0 Å². The third-order valence-corrected chi connectivity index (χ3v) is 4.14. The Bertz CT molecular complexity index is 627. The van der Waals surface area contributed by atoms with Gasteiger partial charge in [-0.2, -0.15) is 0 Å². The zero-order valence-corrected chi connectivity index (χ0v) is 12.6. The Labute approximate surface area is 126 Å². The summed E-state index contributed by atoms with van der Waals surface area (Å²) in [5.41, 5.74) is -0.273. The summed E-state index contributed by atoms with van der Waals surface area (Å²) in [6.07, 6.45) is 0. The molecule has 2 amide bonds. The predicted octanol–water partition coefficient (Wildman–Crippen LogP) is 3.22. The van der Waals surface area contributed by atoms with E-state index in [9.17, 15) is 14.3 Å². The highest BCUT2D eigenvalue weighted by molar-refractivity contribution is 7.10. The largest absolute Gasteiger partial charge is 0.383 e. The van der Waals surface area contributed by atoms with Crippen LogP contribution in [0.25, 0.3) is 0 Å². The molecule has 0 aliphatic rings. The van der Waals surface area contributed by atoms with Crippen molar-refractivity contribution in [2.45, 2.75) is 19.4 Å². The van der Waals surface area contributed by atoms with Gasteiger partial charge in [0.1, 0.15) is 11.4 Å². The van der Waals surface area contributed by atoms with E-state index < -0.39 is 17.4 Å². The highest BCUT2D eigenvalue weighted by Crippen LogP contribution is 2.24. The van der Waals surface area contributed by atoms with Gasteiger partial charge in [0.25, 0.3) is 0 Å². The van der Waals surface area contributed by atoms with Gasteiger partial charge in [-0.1, -0.05) is 12.1 Å². The van der Waals surface area contributed by atoms with E-state index in [0.717, 1.165) is 10.4 Å². The second kappa shape index (κ2) is 6.24. The first kappa shape index (κ1) is 15.5. The summed E-state index contributed by atoms with van der Waals surface area (Å²) in [6.45, 7) is 3.42. The number of aryl methyl sites for hydroxylation is 1. The fraction of sp³-hybridized carbons (Fsp3) is 0.267. The number of benzene rings is 1. The molecule has 1 unspecified atom stereocenters. The molecule has 3 N–H and O–H groups in total. The van der Waals surface area contributed by atoms with Gasteiger partial charge < -0.3 is 15.7 Å². The quantitative estimate of drug-likeness (QED) is 0.812. The summed E-state index contributed by atoms with van der Waals surface area (Å²) in [5, 5.41) is 17.1. The molecule has 0 fully saturated rings. The van der Waals surface area contributed by atoms with Gasteiger partial charge in [-0.15, -0.1) is 11.3 Å². The molecule has 0 radical (unpaired) electrons. The molecule has 21 heavy (non-hydrogen) atoms. The topological polar surface area (TPSA) is 61.4 Å². The van der Waals surface area contributed by atoms with E-state index in [2.05, 4.69) is 10.6 Å². The zero-order valence-electron chi connectivity index (χ0n) is 11.8. The number of halogens is 1. The molecule has 112 valence electrons. The van der Waals surface area contributed by atoms with Crippen molar-refractivity contribution in [1.29, 1.82) is 0 Å². The van der Waals surface area contributed by atoms with E-state index in [1.165, 1.54) is 23.5 Å². The smallest absolute Gasteiger partial charge is 0.319 e. The van der Waals surface area contributed by atoms with Crippen LogP contribution >= 0.6 is 11.3 Å². The van der Waals surface area contributed by atoms with Gasteiger partial charge in [0, 0.05) is 4.88 Å². The average Bonchev–Trinajstić information content (AvgIpc) is 2.95. The van der Waals surface area contributed by atoms with Crippen LogP contribution in [0.15, 0.2) is 35.7 Å². The van der Waals surface area contributed by atoms with Crippen LogP contribution in [0.5, 0.6) is 0 Å². The number of hydrogen-bond acceptors (Lipinski definition) is 3. The molecule has 0 aliphatic heterocycles. The monoisotopic (exact) mass is 308 g/mol. The Morgan fingerprint density at radius 2 is 2.19 bits per heavy atom. The molecule has 1 aromatic carbocycles. The molecule has 0 aliphatic carbocycles. The Balaban J connectivity index is 1.93. The van der Waals surface area contributed by atoms with Gasteiger partial charge in [-0.3, -0.25) is 0 Å². The summed E-state index contributed by atoms with van der Waals surface area (Å²) in [5.74, 6) is -0.491. The second-order valence-corrected chi connectivity index (χ2v) is 5.99. The standard InChI is InChI=1S/C15H17FN2O2S/c1-10-5-6-12(11(16)8-10)18-14(19)17-9-15(2,20)13-4-3-7-21-13/h3-8,20H,9H2,1-2H3,(H2,17,18,19). The lowest BCUT2D eigenvalue weighted by Crippen LogP contribution is -2.40. The fourth-order valence-electron chi connectivity index (χ4n) is 1.81. The van der Waals surface area contributed by atoms with Gasteiger partial charge in [0.2, 0.25) is 0 Å². The first-order valence-electron chi connectivity index (χ1n) is 6.46. The summed E-state index contributed by atoms with van der Waals surface area (Å²) in [7, 11) is 0. The minimum Gasteiger partial charge on any atom is -0.383 e. The lowest BCUT2D eigenvalue weighted by atomic mass is 10.1. The van der Waals surface area contributed by atoms with Crippen molar-refractivity contribution in [3.8, 4) is 0 Å². The van der Waals surface area contributed by atoms with E-state index in [1.54, 1.807) is 26.0 Å². The van der Waals surface area contributed by atoms with E-state index in [1.807, 2.05) is 11.4 Å². The molecular formula is C15H17FN2O2S. The summed E-state index contributed by atoms with van der Waals surface area (Å²) in [4.78, 5) is 12.5. The summed E-state index contributed by atoms with van der Waals surface area (Å²) >= 11 is 1.41. The normalized spacial score (nSPS) is 13.5. The SMILES string of the molecule is Cc1ccc(NC(=O)NCC(C)(O)c2cccs2)c(F)c1. The first-order chi connectivity index (χ1) is 9.88. The molecule has 0 saturated carbocycles. The van der Waals surface area contributed by atoms with Crippen molar-refractivity contribution in [3.05, 3.63) is 52.0 Å². The maximum atomic E-state index is 13.6. The molecule has 4 nitrogen and oxygen atoms in total. The molecule has 1 aromatic heterocycles. The van der Waals surface area contributed by atoms with Crippen molar-refractivity contribution >= 4 is 23.1 Å². The van der Waals surface area contributed by atoms with E-state index in [-0.39, 0.29) is 12.2 Å². The zero-order chi connectivity index (χ0) is 15.5. The van der Waals surface area contributed by atoms with Crippen molar-refractivity contribution in [3.63, 3.8) is 0 Å². The van der Waals surface area contributed by atoms with Crippen LogP contribution in [0.4, 0.5) is 14.9 Å². The van der Waals surface area contributed by atoms with Crippen LogP contribution in [0, 0.1) is 12.7 Å². The molecule has 2 aromatic rings. The number of anilines is 1. The highest BCUT2D eigenvalue weighted by atomic mass is 32.1. The number of amides is 2. The number of nitrogens with one attached hydrogen (secondary N) is 2. The van der Waals surface area contributed by atoms with Crippen molar-refractivity contribution in [2.75, 3.05) is 11.9 Å². The Hall–Kier alpha value is -1.92. The van der Waals surface area contributed by atoms with Gasteiger partial charge >= 0.3 is 6.03 Å². The predicted molar refractivity (Wildman–Crippen MR) is 82.0 cm³/mol. The number of urea groups is 1. The molecule has 1 heterocycles. The van der Waals surface area contributed by atoms with Crippen LogP contribution in [-0.2, 0) is 5.60 Å². The molecule has 0 bridgehead atoms. The van der Waals surface area contributed by atoms with Gasteiger partial charge in [0.15, 0.2) is 0 Å². The molecule has 0 spiro atoms. The Morgan fingerprint density at radius 1 is 1.43 bits per heavy atom. The van der Waals surface area contributed by atoms with Crippen LogP contribution < -0.4 is 10.6 Å². The second-order valence-electron chi connectivity index (χ2n) is 5.04. The van der Waals surface area contributed by atoms with Gasteiger partial charge in [0.05, 0.1) is 12.2 Å². The molecule has 0 saturated heterocycles. The number of hydrogen-bond donors (Lipinski definition) is 3.